The van der Waals surface area contributed by atoms with Gasteiger partial charge in [-0.25, -0.2) is 4.98 Å². The van der Waals surface area contributed by atoms with Crippen LogP contribution in [0.2, 0.25) is 0 Å². The Morgan fingerprint density at radius 2 is 1.79 bits per heavy atom. The van der Waals surface area contributed by atoms with Crippen molar-refractivity contribution < 1.29 is 9.59 Å². The third kappa shape index (κ3) is 4.02. The minimum Gasteiger partial charge on any atom is -0.336 e. The van der Waals surface area contributed by atoms with Gasteiger partial charge in [-0.15, -0.1) is 11.3 Å². The van der Waals surface area contributed by atoms with Crippen LogP contribution >= 0.6 is 11.3 Å². The molecule has 7 heteroatoms. The van der Waals surface area contributed by atoms with Crippen molar-refractivity contribution in [3.63, 3.8) is 0 Å². The first-order chi connectivity index (χ1) is 14.0. The van der Waals surface area contributed by atoms with Gasteiger partial charge in [0.25, 0.3) is 5.91 Å². The number of benzene rings is 1. The molecule has 1 aliphatic heterocycles. The van der Waals surface area contributed by atoms with E-state index in [0.29, 0.717) is 38.3 Å². The van der Waals surface area contributed by atoms with E-state index in [2.05, 4.69) is 9.88 Å². The molecule has 0 atom stereocenters. The second kappa shape index (κ2) is 8.31. The number of nitrogens with zero attached hydrogens (tertiary/aromatic N) is 4. The SMILES string of the molecule is Cc1cc(C(=O)CN2CCN(C(=O)c3ccccc3)CC2)c(C)n1-c1nccs1. The second-order valence-electron chi connectivity index (χ2n) is 7.29. The summed E-state index contributed by atoms with van der Waals surface area (Å²) in [7, 11) is 0. The molecule has 2 aromatic heterocycles. The summed E-state index contributed by atoms with van der Waals surface area (Å²) >= 11 is 1.56. The lowest BCUT2D eigenvalue weighted by Gasteiger charge is -2.34. The molecule has 3 aromatic rings. The highest BCUT2D eigenvalue weighted by Crippen LogP contribution is 2.23. The summed E-state index contributed by atoms with van der Waals surface area (Å²) in [6.07, 6.45) is 1.77. The zero-order valence-electron chi connectivity index (χ0n) is 16.7. The molecular weight excluding hydrogens is 384 g/mol. The number of hydrogen-bond donors (Lipinski definition) is 0. The van der Waals surface area contributed by atoms with Gasteiger partial charge in [-0.3, -0.25) is 19.1 Å². The van der Waals surface area contributed by atoms with E-state index < -0.39 is 0 Å². The Hall–Kier alpha value is -2.77. The molecule has 0 bridgehead atoms. The van der Waals surface area contributed by atoms with Crippen molar-refractivity contribution in [2.75, 3.05) is 32.7 Å². The molecule has 0 N–H and O–H groups in total. The molecule has 6 nitrogen and oxygen atoms in total. The Morgan fingerprint density at radius 1 is 1.07 bits per heavy atom. The van der Waals surface area contributed by atoms with Gasteiger partial charge in [-0.05, 0) is 32.0 Å². The van der Waals surface area contributed by atoms with Crippen LogP contribution in [0.25, 0.3) is 5.13 Å². The van der Waals surface area contributed by atoms with Crippen LogP contribution in [0.1, 0.15) is 32.1 Å². The quantitative estimate of drug-likeness (QED) is 0.609. The summed E-state index contributed by atoms with van der Waals surface area (Å²) in [6, 6.07) is 11.3. The van der Waals surface area contributed by atoms with E-state index >= 15 is 0 Å². The number of aromatic nitrogens is 2. The molecule has 29 heavy (non-hydrogen) atoms. The fraction of sp³-hybridized carbons (Fsp3) is 0.318. The largest absolute Gasteiger partial charge is 0.336 e. The fourth-order valence-corrected chi connectivity index (χ4v) is 4.58. The number of carbonyl (C=O) groups excluding carboxylic acids is 2. The Morgan fingerprint density at radius 3 is 2.45 bits per heavy atom. The molecule has 1 aromatic carbocycles. The molecule has 3 heterocycles. The minimum absolute atomic E-state index is 0.0589. The fourth-order valence-electron chi connectivity index (χ4n) is 3.83. The summed E-state index contributed by atoms with van der Waals surface area (Å²) in [6.45, 7) is 7.02. The molecule has 1 saturated heterocycles. The van der Waals surface area contributed by atoms with E-state index in [1.165, 1.54) is 0 Å². The van der Waals surface area contributed by atoms with Gasteiger partial charge in [-0.1, -0.05) is 18.2 Å². The smallest absolute Gasteiger partial charge is 0.253 e. The number of carbonyl (C=O) groups is 2. The van der Waals surface area contributed by atoms with E-state index in [4.69, 9.17) is 0 Å². The Kier molecular flexibility index (Phi) is 5.60. The van der Waals surface area contributed by atoms with Crippen LogP contribution in [0.5, 0.6) is 0 Å². The monoisotopic (exact) mass is 408 g/mol. The van der Waals surface area contributed by atoms with Gasteiger partial charge >= 0.3 is 0 Å². The van der Waals surface area contributed by atoms with Crippen LogP contribution < -0.4 is 0 Å². The van der Waals surface area contributed by atoms with Crippen LogP contribution in [-0.4, -0.2) is 63.8 Å². The third-order valence-electron chi connectivity index (χ3n) is 5.39. The average Bonchev–Trinajstić information content (AvgIpc) is 3.36. The normalized spacial score (nSPS) is 14.9. The van der Waals surface area contributed by atoms with Crippen LogP contribution in [0, 0.1) is 13.8 Å². The number of Topliss-reactive ketones (excluding diaryl/α,β-unsaturated/α-hetero) is 1. The number of amides is 1. The number of ketones is 1. The summed E-state index contributed by atoms with van der Waals surface area (Å²) < 4.78 is 2.04. The zero-order valence-corrected chi connectivity index (χ0v) is 17.5. The first-order valence-electron chi connectivity index (χ1n) is 9.73. The van der Waals surface area contributed by atoms with E-state index in [-0.39, 0.29) is 11.7 Å². The first kappa shape index (κ1) is 19.5. The maximum atomic E-state index is 13.0. The van der Waals surface area contributed by atoms with Crippen molar-refractivity contribution in [2.24, 2.45) is 0 Å². The molecule has 0 spiro atoms. The number of rotatable bonds is 5. The Balaban J connectivity index is 1.38. The Labute approximate surface area is 174 Å². The zero-order chi connectivity index (χ0) is 20.4. The maximum absolute atomic E-state index is 13.0. The molecule has 1 aliphatic rings. The average molecular weight is 409 g/mol. The van der Waals surface area contributed by atoms with Gasteiger partial charge in [0.05, 0.1) is 6.54 Å². The molecular formula is C22H24N4O2S. The van der Waals surface area contributed by atoms with Crippen molar-refractivity contribution in [1.82, 2.24) is 19.4 Å². The van der Waals surface area contributed by atoms with Crippen LogP contribution in [0.4, 0.5) is 0 Å². The van der Waals surface area contributed by atoms with Gasteiger partial charge < -0.3 is 4.90 Å². The van der Waals surface area contributed by atoms with E-state index in [1.807, 2.05) is 65.1 Å². The molecule has 0 radical (unpaired) electrons. The molecule has 0 aliphatic carbocycles. The van der Waals surface area contributed by atoms with E-state index in [9.17, 15) is 9.59 Å². The van der Waals surface area contributed by atoms with Crippen molar-refractivity contribution in [2.45, 2.75) is 13.8 Å². The van der Waals surface area contributed by atoms with Crippen LogP contribution in [0.15, 0.2) is 48.0 Å². The van der Waals surface area contributed by atoms with Gasteiger partial charge in [0, 0.05) is 60.3 Å². The highest BCUT2D eigenvalue weighted by atomic mass is 32.1. The molecule has 4 rings (SSSR count). The third-order valence-corrected chi connectivity index (χ3v) is 6.15. The van der Waals surface area contributed by atoms with Crippen molar-refractivity contribution in [3.05, 3.63) is 70.5 Å². The molecule has 1 fully saturated rings. The molecule has 0 unspecified atom stereocenters. The Bertz CT molecular complexity index is 1000. The van der Waals surface area contributed by atoms with Crippen molar-refractivity contribution >= 4 is 23.0 Å². The highest BCUT2D eigenvalue weighted by molar-refractivity contribution is 7.12. The number of piperazine rings is 1. The maximum Gasteiger partial charge on any atom is 0.253 e. The van der Waals surface area contributed by atoms with Crippen molar-refractivity contribution in [1.29, 1.82) is 0 Å². The molecule has 1 amide bonds. The highest BCUT2D eigenvalue weighted by Gasteiger charge is 2.25. The lowest BCUT2D eigenvalue weighted by molar-refractivity contribution is 0.0624. The second-order valence-corrected chi connectivity index (χ2v) is 8.17. The topological polar surface area (TPSA) is 58.4 Å². The van der Waals surface area contributed by atoms with Crippen LogP contribution in [0.3, 0.4) is 0 Å². The number of aryl methyl sites for hydroxylation is 1. The summed E-state index contributed by atoms with van der Waals surface area (Å²) in [5, 5.41) is 2.82. The van der Waals surface area contributed by atoms with E-state index in [1.54, 1.807) is 17.5 Å². The summed E-state index contributed by atoms with van der Waals surface area (Å²) in [4.78, 5) is 33.9. The number of hydrogen-bond acceptors (Lipinski definition) is 5. The summed E-state index contributed by atoms with van der Waals surface area (Å²) in [5.74, 6) is 0.173. The predicted octanol–water partition coefficient (Wildman–Crippen LogP) is 3.19. The standard InChI is InChI=1S/C22H24N4O2S/c1-16-14-19(17(2)26(16)22-23-8-13-29-22)20(27)15-24-9-11-25(12-10-24)21(28)18-6-4-3-5-7-18/h3-8,13-14H,9-12,15H2,1-2H3. The lowest BCUT2D eigenvalue weighted by Crippen LogP contribution is -2.49. The lowest BCUT2D eigenvalue weighted by atomic mass is 10.1. The predicted molar refractivity (Wildman–Crippen MR) is 114 cm³/mol. The van der Waals surface area contributed by atoms with Crippen molar-refractivity contribution in [3.8, 4) is 5.13 Å². The van der Waals surface area contributed by atoms with Gasteiger partial charge in [0.2, 0.25) is 0 Å². The molecule has 0 saturated carbocycles. The van der Waals surface area contributed by atoms with E-state index in [0.717, 1.165) is 22.1 Å². The minimum atomic E-state index is 0.0589. The van der Waals surface area contributed by atoms with Gasteiger partial charge in [-0.2, -0.15) is 0 Å². The molecule has 150 valence electrons. The van der Waals surface area contributed by atoms with Crippen LogP contribution in [-0.2, 0) is 0 Å². The first-order valence-corrected chi connectivity index (χ1v) is 10.6. The summed E-state index contributed by atoms with van der Waals surface area (Å²) in [5.41, 5.74) is 3.41. The van der Waals surface area contributed by atoms with Gasteiger partial charge in [0.1, 0.15) is 0 Å². The number of thiazole rings is 1. The van der Waals surface area contributed by atoms with Gasteiger partial charge in [0.15, 0.2) is 10.9 Å².